The second kappa shape index (κ2) is 5.54. The maximum atomic E-state index is 12.0. The molecule has 3 rings (SSSR count). The van der Waals surface area contributed by atoms with Crippen LogP contribution in [0.3, 0.4) is 0 Å². The maximum Gasteiger partial charge on any atom is 0.313 e. The van der Waals surface area contributed by atoms with Crippen molar-refractivity contribution >= 4 is 34.1 Å². The second-order valence-electron chi connectivity index (χ2n) is 4.52. The van der Waals surface area contributed by atoms with Gasteiger partial charge in [-0.3, -0.25) is 9.59 Å². The summed E-state index contributed by atoms with van der Waals surface area (Å²) in [6.07, 6.45) is 1.41. The zero-order valence-electron chi connectivity index (χ0n) is 11.3. The van der Waals surface area contributed by atoms with Crippen molar-refractivity contribution < 1.29 is 18.7 Å². The predicted molar refractivity (Wildman–Crippen MR) is 80.5 cm³/mol. The molecule has 2 heterocycles. The van der Waals surface area contributed by atoms with E-state index in [1.54, 1.807) is 12.3 Å². The molecule has 0 aliphatic rings. The third kappa shape index (κ3) is 2.60. The summed E-state index contributed by atoms with van der Waals surface area (Å²) in [5.74, 6) is -0.757. The maximum absolute atomic E-state index is 12.0. The zero-order valence-corrected chi connectivity index (χ0v) is 12.1. The van der Waals surface area contributed by atoms with Crippen molar-refractivity contribution in [3.05, 3.63) is 46.9 Å². The minimum absolute atomic E-state index is 0.232. The average molecular weight is 300 g/mol. The van der Waals surface area contributed by atoms with Gasteiger partial charge in [0.2, 0.25) is 0 Å². The van der Waals surface area contributed by atoms with Gasteiger partial charge in [0.15, 0.2) is 5.78 Å². The van der Waals surface area contributed by atoms with E-state index in [9.17, 15) is 9.59 Å². The van der Waals surface area contributed by atoms with Crippen LogP contribution in [0.4, 0.5) is 0 Å². The number of esters is 1. The van der Waals surface area contributed by atoms with Gasteiger partial charge in [0.05, 0.1) is 18.3 Å². The van der Waals surface area contributed by atoms with Crippen LogP contribution in [0.15, 0.2) is 46.4 Å². The number of rotatable bonds is 4. The first kappa shape index (κ1) is 13.6. The van der Waals surface area contributed by atoms with Gasteiger partial charge in [-0.1, -0.05) is 18.2 Å². The number of Topliss-reactive ketones (excluding diaryl/α,β-unsaturated/α-hetero) is 1. The Morgan fingerprint density at radius 3 is 2.95 bits per heavy atom. The number of fused-ring (bicyclic) bond motifs is 1. The van der Waals surface area contributed by atoms with Crippen molar-refractivity contribution in [1.82, 2.24) is 0 Å². The predicted octanol–water partition coefficient (Wildman–Crippen LogP) is 3.91. The number of carbonyl (C=O) groups excluding carboxylic acids is 2. The molecule has 0 spiro atoms. The number of para-hydroxylation sites is 1. The first-order chi connectivity index (χ1) is 10.2. The molecule has 2 aromatic heterocycles. The topological polar surface area (TPSA) is 56.5 Å². The average Bonchev–Trinajstić information content (AvgIpc) is 3.15. The monoisotopic (exact) mass is 300 g/mol. The van der Waals surface area contributed by atoms with Crippen LogP contribution < -0.4 is 0 Å². The highest BCUT2D eigenvalue weighted by Crippen LogP contribution is 2.32. The van der Waals surface area contributed by atoms with Gasteiger partial charge in [-0.05, 0) is 23.1 Å². The standard InChI is InChI=1S/C16H12O4S/c1-19-15(18)8-13(17)14-7-11(9-21-14)12-4-2-3-10-5-6-20-16(10)12/h2-7,9H,8H2,1H3. The van der Waals surface area contributed by atoms with E-state index in [2.05, 4.69) is 4.74 Å². The van der Waals surface area contributed by atoms with Crippen molar-refractivity contribution in [3.8, 4) is 11.1 Å². The second-order valence-corrected chi connectivity index (χ2v) is 5.43. The molecule has 0 unspecified atom stereocenters. The van der Waals surface area contributed by atoms with Crippen LogP contribution >= 0.6 is 11.3 Å². The highest BCUT2D eigenvalue weighted by atomic mass is 32.1. The fourth-order valence-corrected chi connectivity index (χ4v) is 2.98. The summed E-state index contributed by atoms with van der Waals surface area (Å²) in [4.78, 5) is 23.7. The molecule has 0 aliphatic carbocycles. The fraction of sp³-hybridized carbons (Fsp3) is 0.125. The number of methoxy groups -OCH3 is 1. The number of hydrogen-bond donors (Lipinski definition) is 0. The summed E-state index contributed by atoms with van der Waals surface area (Å²) in [7, 11) is 1.27. The van der Waals surface area contributed by atoms with Crippen molar-refractivity contribution in [2.45, 2.75) is 6.42 Å². The molecule has 0 fully saturated rings. The van der Waals surface area contributed by atoms with Gasteiger partial charge in [0, 0.05) is 10.9 Å². The minimum Gasteiger partial charge on any atom is -0.469 e. The van der Waals surface area contributed by atoms with Crippen LogP contribution in [0.1, 0.15) is 16.1 Å². The molecule has 0 radical (unpaired) electrons. The van der Waals surface area contributed by atoms with E-state index in [1.807, 2.05) is 29.6 Å². The molecule has 106 valence electrons. The third-order valence-corrected chi connectivity index (χ3v) is 4.17. The highest BCUT2D eigenvalue weighted by Gasteiger charge is 2.16. The van der Waals surface area contributed by atoms with Crippen molar-refractivity contribution in [2.75, 3.05) is 7.11 Å². The van der Waals surface area contributed by atoms with Crippen molar-refractivity contribution in [2.24, 2.45) is 0 Å². The molecule has 0 saturated heterocycles. The summed E-state index contributed by atoms with van der Waals surface area (Å²) in [6.45, 7) is 0. The number of furan rings is 1. The lowest BCUT2D eigenvalue weighted by Crippen LogP contribution is -2.08. The van der Waals surface area contributed by atoms with Gasteiger partial charge in [-0.25, -0.2) is 0 Å². The molecule has 0 bridgehead atoms. The van der Waals surface area contributed by atoms with Crippen LogP contribution in [0.25, 0.3) is 22.1 Å². The first-order valence-corrected chi connectivity index (χ1v) is 7.22. The summed E-state index contributed by atoms with van der Waals surface area (Å²) >= 11 is 1.32. The van der Waals surface area contributed by atoms with Gasteiger partial charge in [-0.2, -0.15) is 0 Å². The highest BCUT2D eigenvalue weighted by molar-refractivity contribution is 7.12. The summed E-state index contributed by atoms with van der Waals surface area (Å²) < 4.78 is 10.0. The van der Waals surface area contributed by atoms with Crippen LogP contribution in [0.2, 0.25) is 0 Å². The SMILES string of the molecule is COC(=O)CC(=O)c1cc(-c2cccc3ccoc23)cs1. The first-order valence-electron chi connectivity index (χ1n) is 6.34. The van der Waals surface area contributed by atoms with Crippen molar-refractivity contribution in [1.29, 1.82) is 0 Å². The van der Waals surface area contributed by atoms with E-state index < -0.39 is 5.97 Å². The Bertz CT molecular complexity index is 812. The van der Waals surface area contributed by atoms with Crippen LogP contribution in [-0.2, 0) is 9.53 Å². The molecular formula is C16H12O4S. The van der Waals surface area contributed by atoms with Crippen LogP contribution in [-0.4, -0.2) is 18.9 Å². The molecular weight excluding hydrogens is 288 g/mol. The number of ether oxygens (including phenoxy) is 1. The molecule has 0 amide bonds. The van der Waals surface area contributed by atoms with Crippen LogP contribution in [0.5, 0.6) is 0 Å². The molecule has 3 aromatic rings. The molecule has 5 heteroatoms. The smallest absolute Gasteiger partial charge is 0.313 e. The molecule has 21 heavy (non-hydrogen) atoms. The lowest BCUT2D eigenvalue weighted by Gasteiger charge is -1.99. The number of thiophene rings is 1. The lowest BCUT2D eigenvalue weighted by atomic mass is 10.1. The van der Waals surface area contributed by atoms with E-state index in [0.29, 0.717) is 4.88 Å². The van der Waals surface area contributed by atoms with Crippen LogP contribution in [0, 0.1) is 0 Å². The third-order valence-electron chi connectivity index (χ3n) is 3.20. The fourth-order valence-electron chi connectivity index (χ4n) is 2.13. The Labute approximate surface area is 125 Å². The number of hydrogen-bond acceptors (Lipinski definition) is 5. The lowest BCUT2D eigenvalue weighted by molar-refractivity contribution is -0.139. The largest absolute Gasteiger partial charge is 0.469 e. The summed E-state index contributed by atoms with van der Waals surface area (Å²) in [5.41, 5.74) is 2.64. The Morgan fingerprint density at radius 2 is 2.14 bits per heavy atom. The Kier molecular flexibility index (Phi) is 3.58. The van der Waals surface area contributed by atoms with Gasteiger partial charge in [0.1, 0.15) is 12.0 Å². The Balaban J connectivity index is 1.93. The van der Waals surface area contributed by atoms with Gasteiger partial charge >= 0.3 is 5.97 Å². The molecule has 0 saturated carbocycles. The van der Waals surface area contributed by atoms with E-state index in [-0.39, 0.29) is 12.2 Å². The number of benzene rings is 1. The number of ketones is 1. The van der Waals surface area contributed by atoms with E-state index in [0.717, 1.165) is 22.1 Å². The Morgan fingerprint density at radius 1 is 1.29 bits per heavy atom. The molecule has 4 nitrogen and oxygen atoms in total. The van der Waals surface area contributed by atoms with Gasteiger partial charge < -0.3 is 9.15 Å². The summed E-state index contributed by atoms with van der Waals surface area (Å²) in [5, 5.41) is 2.91. The molecule has 0 atom stereocenters. The van der Waals surface area contributed by atoms with Gasteiger partial charge in [-0.15, -0.1) is 11.3 Å². The molecule has 0 aliphatic heterocycles. The van der Waals surface area contributed by atoms with Crippen molar-refractivity contribution in [3.63, 3.8) is 0 Å². The summed E-state index contributed by atoms with van der Waals surface area (Å²) in [6, 6.07) is 9.54. The minimum atomic E-state index is -0.525. The van der Waals surface area contributed by atoms with E-state index in [1.165, 1.54) is 18.4 Å². The normalized spacial score (nSPS) is 10.7. The van der Waals surface area contributed by atoms with E-state index >= 15 is 0 Å². The van der Waals surface area contributed by atoms with E-state index in [4.69, 9.17) is 4.42 Å². The molecule has 0 N–H and O–H groups in total. The zero-order chi connectivity index (χ0) is 14.8. The Hall–Kier alpha value is -2.40. The molecule has 1 aromatic carbocycles. The van der Waals surface area contributed by atoms with Gasteiger partial charge in [0.25, 0.3) is 0 Å². The quantitative estimate of drug-likeness (QED) is 0.416. The number of carbonyl (C=O) groups is 2.